The number of aromatic nitrogens is 1. The fourth-order valence-corrected chi connectivity index (χ4v) is 6.76. The van der Waals surface area contributed by atoms with E-state index in [-0.39, 0.29) is 41.4 Å². The monoisotopic (exact) mass is 470 g/mol. The molecule has 1 atom stereocenters. The lowest BCUT2D eigenvalue weighted by atomic mass is 9.80. The molecule has 166 valence electrons. The molecule has 0 radical (unpaired) electrons. The first-order valence-electron chi connectivity index (χ1n) is 9.44. The number of nitrogens with zero attached hydrogens (tertiary/aromatic N) is 2. The van der Waals surface area contributed by atoms with Crippen molar-refractivity contribution in [1.29, 1.82) is 0 Å². The third-order valence-electron chi connectivity index (χ3n) is 5.81. The van der Waals surface area contributed by atoms with E-state index < -0.39 is 38.8 Å². The Morgan fingerprint density at radius 3 is 2.61 bits per heavy atom. The number of anilines is 1. The third-order valence-corrected chi connectivity index (χ3v) is 8.79. The van der Waals surface area contributed by atoms with E-state index in [1.165, 1.54) is 37.4 Å². The highest BCUT2D eigenvalue weighted by atomic mass is 35.5. The van der Waals surface area contributed by atoms with Crippen LogP contribution in [0, 0.1) is 5.82 Å². The van der Waals surface area contributed by atoms with Crippen LogP contribution in [0.3, 0.4) is 0 Å². The number of hydrogen-bond donors (Lipinski definition) is 4. The van der Waals surface area contributed by atoms with Crippen LogP contribution in [-0.4, -0.2) is 42.5 Å². The quantitative estimate of drug-likeness (QED) is 0.532. The number of carbonyl (C=O) groups is 1. The van der Waals surface area contributed by atoms with Gasteiger partial charge >= 0.3 is 0 Å². The van der Waals surface area contributed by atoms with Crippen LogP contribution in [-0.2, 0) is 5.54 Å². The average molecular weight is 471 g/mol. The van der Waals surface area contributed by atoms with Crippen molar-refractivity contribution in [2.24, 2.45) is 10.7 Å². The molecule has 1 amide bonds. The first-order chi connectivity index (χ1) is 14.5. The summed E-state index contributed by atoms with van der Waals surface area (Å²) in [5.74, 6) is -1.57. The highest BCUT2D eigenvalue weighted by Crippen LogP contribution is 2.67. The summed E-state index contributed by atoms with van der Waals surface area (Å²) in [5, 5.41) is 3.00. The van der Waals surface area contributed by atoms with E-state index in [0.717, 1.165) is 6.07 Å². The predicted molar refractivity (Wildman–Crippen MR) is 117 cm³/mol. The smallest absolute Gasteiger partial charge is 0.274 e. The zero-order valence-corrected chi connectivity index (χ0v) is 18.1. The fraction of sp³-hybridized carbons (Fsp3) is 0.350. The first-order valence-corrected chi connectivity index (χ1v) is 11.5. The van der Waals surface area contributed by atoms with Gasteiger partial charge in [0, 0.05) is 30.3 Å². The Bertz CT molecular complexity index is 1080. The molecule has 0 saturated heterocycles. The number of alkyl halides is 1. The SMILES string of the molecule is C[C@@]1(c2cc(NC(=O)c3ccc(Cl)cn3)ccc2F)CS(O)(O)C2(CC(F)C2)C(N)=N1. The standard InChI is InChI=1S/C20H21ClF2N4O3S/c1-19(10-31(29,30)20(18(24)27-19)7-12(22)8-20)14-6-13(3-4-15(14)23)26-17(28)16-5-2-11(21)9-25-16/h2-6,9,12,29-30H,7-8,10H2,1H3,(H2,24,27)(H,26,28)/t12?,19-,20?/m0/s1. The minimum Gasteiger partial charge on any atom is -0.386 e. The molecule has 1 aromatic carbocycles. The van der Waals surface area contributed by atoms with Crippen molar-refractivity contribution in [3.63, 3.8) is 0 Å². The second-order valence-electron chi connectivity index (χ2n) is 8.09. The molecular formula is C20H21ClF2N4O3S. The molecule has 7 nitrogen and oxygen atoms in total. The number of hydrogen-bond acceptors (Lipinski definition) is 6. The summed E-state index contributed by atoms with van der Waals surface area (Å²) in [6, 6.07) is 6.84. The lowest BCUT2D eigenvalue weighted by Gasteiger charge is -2.60. The molecule has 2 aromatic rings. The molecular weight excluding hydrogens is 450 g/mol. The number of rotatable bonds is 3. The number of benzene rings is 1. The Labute approximate surface area is 184 Å². The average Bonchev–Trinajstić information content (AvgIpc) is 2.65. The molecule has 2 heterocycles. The summed E-state index contributed by atoms with van der Waals surface area (Å²) in [7, 11) is -3.40. The van der Waals surface area contributed by atoms with Gasteiger partial charge in [-0.05, 0) is 37.3 Å². The summed E-state index contributed by atoms with van der Waals surface area (Å²) in [4.78, 5) is 20.7. The molecule has 1 fully saturated rings. The van der Waals surface area contributed by atoms with Crippen LogP contribution in [0.1, 0.15) is 35.8 Å². The van der Waals surface area contributed by atoms with Crippen molar-refractivity contribution in [3.8, 4) is 0 Å². The van der Waals surface area contributed by atoms with Gasteiger partial charge in [-0.1, -0.05) is 11.6 Å². The topological polar surface area (TPSA) is 121 Å². The van der Waals surface area contributed by atoms with Crippen LogP contribution in [0.5, 0.6) is 0 Å². The number of amidine groups is 1. The van der Waals surface area contributed by atoms with Crippen molar-refractivity contribution in [1.82, 2.24) is 4.98 Å². The lowest BCUT2D eigenvalue weighted by Crippen LogP contribution is -2.62. The minimum atomic E-state index is -3.40. The second-order valence-corrected chi connectivity index (χ2v) is 10.9. The molecule has 1 aromatic heterocycles. The van der Waals surface area contributed by atoms with Crippen molar-refractivity contribution in [2.75, 3.05) is 11.1 Å². The van der Waals surface area contributed by atoms with E-state index in [9.17, 15) is 22.7 Å². The van der Waals surface area contributed by atoms with E-state index in [2.05, 4.69) is 15.3 Å². The highest BCUT2D eigenvalue weighted by Gasteiger charge is 2.61. The normalized spacial score (nSPS) is 30.3. The van der Waals surface area contributed by atoms with E-state index in [0.29, 0.717) is 5.02 Å². The van der Waals surface area contributed by atoms with Gasteiger partial charge in [0.25, 0.3) is 5.91 Å². The zero-order valence-electron chi connectivity index (χ0n) is 16.5. The van der Waals surface area contributed by atoms with E-state index in [1.54, 1.807) is 0 Å². The van der Waals surface area contributed by atoms with Crippen molar-refractivity contribution < 1.29 is 22.7 Å². The maximum atomic E-state index is 14.8. The van der Waals surface area contributed by atoms with Gasteiger partial charge in [-0.15, -0.1) is 0 Å². The van der Waals surface area contributed by atoms with Crippen LogP contribution in [0.4, 0.5) is 14.5 Å². The minimum absolute atomic E-state index is 0.0308. The Balaban J connectivity index is 1.66. The number of halogens is 3. The molecule has 11 heteroatoms. The van der Waals surface area contributed by atoms with Crippen molar-refractivity contribution in [3.05, 3.63) is 58.6 Å². The number of amides is 1. The molecule has 1 spiro atoms. The molecule has 0 bridgehead atoms. The Hall–Kier alpha value is -2.27. The number of aliphatic imine (C=N–C) groups is 1. The summed E-state index contributed by atoms with van der Waals surface area (Å²) in [6.45, 7) is 1.53. The van der Waals surface area contributed by atoms with Crippen molar-refractivity contribution >= 4 is 39.6 Å². The molecule has 1 aliphatic heterocycles. The molecule has 4 rings (SSSR count). The predicted octanol–water partition coefficient (Wildman–Crippen LogP) is 4.33. The molecule has 1 aliphatic carbocycles. The second kappa shape index (κ2) is 7.40. The van der Waals surface area contributed by atoms with E-state index >= 15 is 0 Å². The summed E-state index contributed by atoms with van der Waals surface area (Å²) in [6.07, 6.45) is -0.0853. The number of pyridine rings is 1. The van der Waals surface area contributed by atoms with Gasteiger partial charge in [0.1, 0.15) is 33.8 Å². The molecule has 1 saturated carbocycles. The largest absolute Gasteiger partial charge is 0.386 e. The van der Waals surface area contributed by atoms with Crippen LogP contribution < -0.4 is 11.1 Å². The van der Waals surface area contributed by atoms with Gasteiger partial charge in [-0.2, -0.15) is 10.6 Å². The van der Waals surface area contributed by atoms with Crippen molar-refractivity contribution in [2.45, 2.75) is 36.2 Å². The van der Waals surface area contributed by atoms with Gasteiger partial charge in [0.05, 0.1) is 10.8 Å². The van der Waals surface area contributed by atoms with Crippen LogP contribution >= 0.6 is 22.2 Å². The Morgan fingerprint density at radius 2 is 2.03 bits per heavy atom. The third kappa shape index (κ3) is 3.67. The number of nitrogens with one attached hydrogen (secondary N) is 1. The van der Waals surface area contributed by atoms with Crippen LogP contribution in [0.2, 0.25) is 5.02 Å². The lowest BCUT2D eigenvalue weighted by molar-refractivity contribution is 0.102. The van der Waals surface area contributed by atoms with Gasteiger partial charge < -0.3 is 11.1 Å². The van der Waals surface area contributed by atoms with Crippen LogP contribution in [0.15, 0.2) is 41.5 Å². The van der Waals surface area contributed by atoms with Crippen LogP contribution in [0.25, 0.3) is 0 Å². The van der Waals surface area contributed by atoms with Gasteiger partial charge in [0.2, 0.25) is 0 Å². The summed E-state index contributed by atoms with van der Waals surface area (Å²) < 4.78 is 48.6. The van der Waals surface area contributed by atoms with E-state index in [4.69, 9.17) is 17.3 Å². The maximum absolute atomic E-state index is 14.8. The first kappa shape index (κ1) is 21.9. The molecule has 0 unspecified atom stereocenters. The van der Waals surface area contributed by atoms with E-state index in [1.807, 2.05) is 0 Å². The summed E-state index contributed by atoms with van der Waals surface area (Å²) >= 11 is 5.78. The molecule has 2 aliphatic rings. The fourth-order valence-electron chi connectivity index (χ4n) is 4.09. The zero-order chi connectivity index (χ0) is 22.6. The maximum Gasteiger partial charge on any atom is 0.274 e. The van der Waals surface area contributed by atoms with Gasteiger partial charge in [-0.3, -0.25) is 18.9 Å². The highest BCUT2D eigenvalue weighted by molar-refractivity contribution is 8.26. The summed E-state index contributed by atoms with van der Waals surface area (Å²) in [5.41, 5.74) is 5.06. The van der Waals surface area contributed by atoms with Gasteiger partial charge in [0.15, 0.2) is 0 Å². The molecule has 5 N–H and O–H groups in total. The Kier molecular flexibility index (Phi) is 5.24. The number of nitrogens with two attached hydrogens (primary N) is 1. The molecule has 31 heavy (non-hydrogen) atoms. The Morgan fingerprint density at radius 1 is 1.32 bits per heavy atom. The van der Waals surface area contributed by atoms with Gasteiger partial charge in [-0.25, -0.2) is 13.8 Å². The number of carbonyl (C=O) groups excluding carboxylic acids is 1.